The maximum absolute atomic E-state index is 15.0. The molecule has 2 aromatic heterocycles. The molecule has 0 N–H and O–H groups in total. The van der Waals surface area contributed by atoms with Gasteiger partial charge in [-0.25, -0.2) is 9.37 Å². The maximum Gasteiger partial charge on any atom is 0.140 e. The molecule has 0 spiro atoms. The number of aromatic nitrogens is 2. The molecule has 3 aromatic rings. The number of fused-ring (bicyclic) bond motifs is 2. The van der Waals surface area contributed by atoms with Crippen molar-refractivity contribution in [1.82, 2.24) is 14.9 Å². The van der Waals surface area contributed by atoms with Crippen LogP contribution in [0.3, 0.4) is 0 Å². The van der Waals surface area contributed by atoms with E-state index in [1.807, 2.05) is 5.51 Å². The van der Waals surface area contributed by atoms with Crippen LogP contribution >= 0.6 is 11.3 Å². The number of hydrogen-bond acceptors (Lipinski definition) is 5. The predicted molar refractivity (Wildman–Crippen MR) is 104 cm³/mol. The maximum atomic E-state index is 15.0. The minimum absolute atomic E-state index is 0.0911. The summed E-state index contributed by atoms with van der Waals surface area (Å²) < 4.78 is 27.9. The first kappa shape index (κ1) is 17.7. The van der Waals surface area contributed by atoms with E-state index in [0.29, 0.717) is 23.4 Å². The van der Waals surface area contributed by atoms with E-state index in [1.165, 1.54) is 0 Å². The molecule has 0 radical (unpaired) electrons. The number of rotatable bonds is 3. The van der Waals surface area contributed by atoms with Crippen LogP contribution in [0.15, 0.2) is 40.9 Å². The first-order valence-electron chi connectivity index (χ1n) is 8.56. The number of alkyl halides is 1. The fourth-order valence-corrected chi connectivity index (χ4v) is 4.62. The molecule has 3 unspecified atom stereocenters. The Morgan fingerprint density at radius 3 is 3.00 bits per heavy atom. The van der Waals surface area contributed by atoms with E-state index in [1.54, 1.807) is 29.9 Å². The van der Waals surface area contributed by atoms with Crippen molar-refractivity contribution in [3.05, 3.63) is 52.8 Å². The molecule has 7 heteroatoms. The van der Waals surface area contributed by atoms with Gasteiger partial charge in [-0.2, -0.15) is 0 Å². The van der Waals surface area contributed by atoms with E-state index in [2.05, 4.69) is 40.0 Å². The summed E-state index contributed by atoms with van der Waals surface area (Å²) in [6, 6.07) is 8.10. The lowest BCUT2D eigenvalue weighted by Gasteiger charge is -2.28. The van der Waals surface area contributed by atoms with Crippen molar-refractivity contribution < 1.29 is 8.60 Å². The molecular weight excluding hydrogens is 369 g/mol. The lowest BCUT2D eigenvalue weighted by atomic mass is 10.1. The van der Waals surface area contributed by atoms with E-state index >= 15 is 4.39 Å². The summed E-state index contributed by atoms with van der Waals surface area (Å²) in [6.45, 7) is 3.16. The normalized spacial score (nSPS) is 20.5. The van der Waals surface area contributed by atoms with Crippen LogP contribution < -0.4 is 0 Å². The second kappa shape index (κ2) is 7.13. The van der Waals surface area contributed by atoms with Crippen molar-refractivity contribution in [3.63, 3.8) is 0 Å². The molecule has 0 saturated heterocycles. The van der Waals surface area contributed by atoms with Crippen LogP contribution in [0.5, 0.6) is 0 Å². The molecule has 0 saturated carbocycles. The van der Waals surface area contributed by atoms with E-state index in [0.717, 1.165) is 28.0 Å². The third kappa shape index (κ3) is 3.31. The second-order valence-electron chi connectivity index (χ2n) is 6.63. The number of thiazole rings is 1. The van der Waals surface area contributed by atoms with Crippen LogP contribution in [0, 0.1) is 0 Å². The van der Waals surface area contributed by atoms with Gasteiger partial charge in [0.25, 0.3) is 0 Å². The van der Waals surface area contributed by atoms with Crippen molar-refractivity contribution in [2.75, 3.05) is 19.3 Å². The molecule has 1 aliphatic rings. The summed E-state index contributed by atoms with van der Waals surface area (Å²) in [5.74, 6) is 0. The summed E-state index contributed by atoms with van der Waals surface area (Å²) in [6.07, 6.45) is 2.76. The van der Waals surface area contributed by atoms with Gasteiger partial charge in [-0.3, -0.25) is 14.1 Å². The summed E-state index contributed by atoms with van der Waals surface area (Å²) in [5.41, 5.74) is 5.34. The molecule has 0 aliphatic carbocycles. The molecule has 136 valence electrons. The molecule has 1 aromatic carbocycles. The second-order valence-corrected chi connectivity index (χ2v) is 8.90. The summed E-state index contributed by atoms with van der Waals surface area (Å²) in [7, 11) is -1.15. The van der Waals surface area contributed by atoms with Gasteiger partial charge in [0, 0.05) is 49.3 Å². The van der Waals surface area contributed by atoms with Crippen LogP contribution in [0.25, 0.3) is 10.2 Å². The molecule has 3 atom stereocenters. The van der Waals surface area contributed by atoms with Crippen molar-refractivity contribution in [2.45, 2.75) is 30.5 Å². The zero-order valence-corrected chi connectivity index (χ0v) is 16.3. The van der Waals surface area contributed by atoms with Gasteiger partial charge >= 0.3 is 0 Å². The smallest absolute Gasteiger partial charge is 0.140 e. The summed E-state index contributed by atoms with van der Waals surface area (Å²) in [4.78, 5) is 11.5. The highest BCUT2D eigenvalue weighted by Crippen LogP contribution is 2.32. The molecule has 1 aliphatic heterocycles. The number of halogens is 1. The lowest BCUT2D eigenvalue weighted by molar-refractivity contribution is 0.161. The fourth-order valence-electron chi connectivity index (χ4n) is 3.47. The predicted octanol–water partition coefficient (Wildman–Crippen LogP) is 4.06. The molecule has 26 heavy (non-hydrogen) atoms. The number of pyridine rings is 1. The van der Waals surface area contributed by atoms with Crippen molar-refractivity contribution in [3.8, 4) is 0 Å². The molecular formula is C19H20FN3OS2. The minimum atomic E-state index is -1.15. The van der Waals surface area contributed by atoms with Gasteiger partial charge in [0.2, 0.25) is 0 Å². The molecule has 0 fully saturated rings. The van der Waals surface area contributed by atoms with Crippen LogP contribution in [-0.4, -0.2) is 38.4 Å². The van der Waals surface area contributed by atoms with Crippen molar-refractivity contribution >= 4 is 32.4 Å². The lowest BCUT2D eigenvalue weighted by Crippen LogP contribution is -2.30. The molecule has 4 rings (SSSR count). The van der Waals surface area contributed by atoms with Crippen LogP contribution in [-0.2, 0) is 17.2 Å². The minimum Gasteiger partial charge on any atom is -0.293 e. The van der Waals surface area contributed by atoms with Crippen LogP contribution in [0.4, 0.5) is 4.39 Å². The Balaban J connectivity index is 1.60. The monoisotopic (exact) mass is 389 g/mol. The summed E-state index contributed by atoms with van der Waals surface area (Å²) >= 11 is 1.62. The number of benzene rings is 1. The van der Waals surface area contributed by atoms with Crippen LogP contribution in [0.2, 0.25) is 0 Å². The Bertz CT molecular complexity index is 974. The van der Waals surface area contributed by atoms with Gasteiger partial charge in [0.15, 0.2) is 0 Å². The van der Waals surface area contributed by atoms with E-state index in [4.69, 9.17) is 0 Å². The highest BCUT2D eigenvalue weighted by molar-refractivity contribution is 7.84. The van der Waals surface area contributed by atoms with Gasteiger partial charge in [0.1, 0.15) is 6.17 Å². The Morgan fingerprint density at radius 1 is 1.35 bits per heavy atom. The Hall–Kier alpha value is -1.70. The first-order chi connectivity index (χ1) is 12.5. The average Bonchev–Trinajstić information content (AvgIpc) is 3.05. The first-order valence-corrected chi connectivity index (χ1v) is 11.0. The zero-order chi connectivity index (χ0) is 18.3. The SMILES string of the molecule is CC(c1ccc2scnc2c1)N1CCc2ncc(S(C)=O)cc2C(F)C1. The van der Waals surface area contributed by atoms with Gasteiger partial charge in [-0.15, -0.1) is 11.3 Å². The zero-order valence-electron chi connectivity index (χ0n) is 14.7. The number of nitrogens with zero attached hydrogens (tertiary/aromatic N) is 3. The highest BCUT2D eigenvalue weighted by atomic mass is 32.2. The van der Waals surface area contributed by atoms with Gasteiger partial charge < -0.3 is 0 Å². The molecule has 4 nitrogen and oxygen atoms in total. The van der Waals surface area contributed by atoms with E-state index in [9.17, 15) is 4.21 Å². The molecule has 0 bridgehead atoms. The Morgan fingerprint density at radius 2 is 2.19 bits per heavy atom. The van der Waals surface area contributed by atoms with E-state index < -0.39 is 17.0 Å². The quantitative estimate of drug-likeness (QED) is 0.678. The Kier molecular flexibility index (Phi) is 4.86. The largest absolute Gasteiger partial charge is 0.293 e. The van der Waals surface area contributed by atoms with Gasteiger partial charge in [0.05, 0.1) is 31.4 Å². The average molecular weight is 390 g/mol. The van der Waals surface area contributed by atoms with Crippen LogP contribution in [0.1, 0.15) is 36.0 Å². The van der Waals surface area contributed by atoms with Gasteiger partial charge in [-0.05, 0) is 30.7 Å². The van der Waals surface area contributed by atoms with E-state index in [-0.39, 0.29) is 6.04 Å². The van der Waals surface area contributed by atoms with Gasteiger partial charge in [-0.1, -0.05) is 6.07 Å². The Labute approximate surface area is 158 Å². The van der Waals surface area contributed by atoms with Crippen molar-refractivity contribution in [2.24, 2.45) is 0 Å². The fraction of sp³-hybridized carbons (Fsp3) is 0.368. The topological polar surface area (TPSA) is 46.1 Å². The third-order valence-corrected chi connectivity index (χ3v) is 6.76. The third-order valence-electron chi connectivity index (χ3n) is 5.06. The summed E-state index contributed by atoms with van der Waals surface area (Å²) in [5, 5.41) is 0. The molecule has 0 amide bonds. The molecule has 3 heterocycles. The highest BCUT2D eigenvalue weighted by Gasteiger charge is 2.27. The standard InChI is InChI=1S/C19H20FN3OS2/c1-12(13-3-4-19-18(7-13)22-11-25-19)23-6-5-17-15(16(20)10-23)8-14(9-21-17)26(2)24/h3-4,7-9,11-12,16H,5-6,10H2,1-2H3. The number of hydrogen-bond donors (Lipinski definition) is 0. The van der Waals surface area contributed by atoms with Crippen molar-refractivity contribution in [1.29, 1.82) is 0 Å².